The van der Waals surface area contributed by atoms with Crippen LogP contribution in [0.2, 0.25) is 0 Å². The minimum absolute atomic E-state index is 0.121. The monoisotopic (exact) mass is 1850 g/mol. The number of aliphatic hydroxyl groups excluding tert-OH is 1. The highest BCUT2D eigenvalue weighted by atomic mass is 32.2. The number of nitrogens with zero attached hydrogens (tertiary/aromatic N) is 2. The van der Waals surface area contributed by atoms with Gasteiger partial charge in [0.2, 0.25) is 100 Å². The molecule has 1 fully saturated rings. The number of likely N-dealkylation sites (N-methyl/N-ethyl adjacent to an activating group) is 2. The van der Waals surface area contributed by atoms with Gasteiger partial charge in [-0.1, -0.05) is 171 Å². The van der Waals surface area contributed by atoms with Crippen LogP contribution >= 0.6 is 11.8 Å². The van der Waals surface area contributed by atoms with Crippen LogP contribution in [0.15, 0.2) is 140 Å². The molecule has 14 atom stereocenters. The Bertz CT molecular complexity index is 5080. The number of aromatic nitrogens is 1. The molecule has 5 aromatic carbocycles. The van der Waals surface area contributed by atoms with Crippen molar-refractivity contribution in [2.24, 2.45) is 35.1 Å². The van der Waals surface area contributed by atoms with Crippen molar-refractivity contribution < 1.29 is 102 Å². The molecule has 17 amide bonds. The third kappa shape index (κ3) is 32.1. The molecular formula is C92H122N18O21S. The predicted molar refractivity (Wildman–Crippen MR) is 488 cm³/mol. The minimum Gasteiger partial charge on any atom is -0.508 e. The summed E-state index contributed by atoms with van der Waals surface area (Å²) in [5.74, 6) is -22.7. The first kappa shape index (κ1) is 105. The number of primary amides is 2. The van der Waals surface area contributed by atoms with Gasteiger partial charge in [-0.05, 0) is 102 Å². The van der Waals surface area contributed by atoms with Gasteiger partial charge in [0.25, 0.3) is 0 Å². The van der Waals surface area contributed by atoms with Crippen LogP contribution in [0.25, 0.3) is 22.0 Å². The van der Waals surface area contributed by atoms with Crippen molar-refractivity contribution in [3.05, 3.63) is 162 Å². The minimum atomic E-state index is -2.06. The molecule has 712 valence electrons. The normalized spacial score (nSPS) is 23.5. The number of carbonyl (C=O) groups excluding carboxylic acids is 17. The molecule has 21 N–H and O–H groups in total. The van der Waals surface area contributed by atoms with E-state index in [1.807, 2.05) is 30.3 Å². The lowest BCUT2D eigenvalue weighted by Crippen LogP contribution is -2.62. The summed E-state index contributed by atoms with van der Waals surface area (Å²) in [6, 6.07) is 13.9. The average molecular weight is 1850 g/mol. The number of aromatic hydroxyl groups is 1. The zero-order chi connectivity index (χ0) is 97.5. The maximum atomic E-state index is 15.4. The number of phenolic OH excluding ortho intramolecular Hbond substituents is 1. The van der Waals surface area contributed by atoms with Crippen molar-refractivity contribution in [3.63, 3.8) is 0 Å². The Hall–Kier alpha value is -13.8. The van der Waals surface area contributed by atoms with Crippen LogP contribution in [0.5, 0.6) is 5.75 Å². The topological polar surface area (TPSA) is 599 Å². The van der Waals surface area contributed by atoms with E-state index >= 15 is 28.8 Å². The molecule has 1 unspecified atom stereocenters. The maximum absolute atomic E-state index is 15.4. The number of para-hydroxylation sites is 1. The molecule has 0 bridgehead atoms. The summed E-state index contributed by atoms with van der Waals surface area (Å²) in [6.45, 7) is 13.8. The number of amides is 17. The number of carbonyl (C=O) groups is 18. The molecule has 132 heavy (non-hydrogen) atoms. The first-order valence-corrected chi connectivity index (χ1v) is 44.5. The summed E-state index contributed by atoms with van der Waals surface area (Å²) < 4.78 is 0. The van der Waals surface area contributed by atoms with Crippen LogP contribution in [0.4, 0.5) is 0 Å². The Morgan fingerprint density at radius 1 is 0.432 bits per heavy atom. The highest BCUT2D eigenvalue weighted by Gasteiger charge is 2.42. The number of aliphatic carboxylic acids is 1. The van der Waals surface area contributed by atoms with E-state index < -0.39 is 253 Å². The Labute approximate surface area is 768 Å². The van der Waals surface area contributed by atoms with E-state index in [2.05, 4.69) is 74.1 Å². The number of aromatic amines is 1. The Morgan fingerprint density at radius 3 is 1.36 bits per heavy atom. The molecule has 0 aliphatic carbocycles. The molecule has 0 saturated carbocycles. The van der Waals surface area contributed by atoms with E-state index in [-0.39, 0.29) is 43.8 Å². The van der Waals surface area contributed by atoms with Gasteiger partial charge in [-0.2, -0.15) is 0 Å². The van der Waals surface area contributed by atoms with Crippen molar-refractivity contribution >= 4 is 129 Å². The lowest BCUT2D eigenvalue weighted by Gasteiger charge is -2.34. The average Bonchev–Trinajstić information content (AvgIpc) is 1.58. The number of carboxylic acids is 1. The van der Waals surface area contributed by atoms with Gasteiger partial charge < -0.3 is 111 Å². The van der Waals surface area contributed by atoms with Crippen LogP contribution in [0.1, 0.15) is 117 Å². The summed E-state index contributed by atoms with van der Waals surface area (Å²) >= 11 is 0.701. The maximum Gasteiger partial charge on any atom is 0.305 e. The molecule has 1 aromatic heterocycles. The van der Waals surface area contributed by atoms with Crippen LogP contribution in [0, 0.1) is 23.7 Å². The number of thioether (sulfide) groups is 1. The van der Waals surface area contributed by atoms with Crippen LogP contribution in [-0.4, -0.2) is 260 Å². The second-order valence-electron chi connectivity index (χ2n) is 34.2. The molecule has 7 rings (SSSR count). The fraction of sp³-hybridized carbons (Fsp3) is 0.457. The van der Waals surface area contributed by atoms with Crippen LogP contribution in [-0.2, 0) is 112 Å². The smallest absolute Gasteiger partial charge is 0.305 e. The summed E-state index contributed by atoms with van der Waals surface area (Å²) in [5.41, 5.74) is 14.9. The molecule has 1 aliphatic heterocycles. The third-order valence-corrected chi connectivity index (χ3v) is 23.0. The first-order chi connectivity index (χ1) is 62.4. The van der Waals surface area contributed by atoms with E-state index in [9.17, 15) is 72.9 Å². The summed E-state index contributed by atoms with van der Waals surface area (Å²) in [7, 11) is 2.50. The number of phenols is 1. The standard InChI is InChI=1S/C92H122N18O21S/c1-48(2)35-63-81(120)102-67(38-55-27-31-58(32-28-55)57-23-17-14-18-24-57)88(127)108-78(51(7)8)92(131)110(12)53(10)91(130)109(11)52(9)79(118)98-69(41-73(93)113)85(124)100-64(36-49(3)4)87(126)107-77(50(5)6)90(129)105-71(45-111)89(128)106-72(80(119)96-44-74(94)114)46-132-47-75(115)97-65(37-54-21-15-13-16-22-54)82(121)101-66(39-56-29-33-60(112)34-30-56)83(122)104-70(42-76(116)117)86(125)103-68(84(123)99-63)40-59-43-95-62-26-20-19-25-61(59)62/h13-34,43,48-53,63-72,77-78,95,111-112H,35-42,44-47H2,1-12H3,(H2,93,113)(H2,94,114)(H,96,119)(H,97,115)(H,98,118)(H,99,123)(H,100,124)(H,101,121)(H,102,120)(H,103,125)(H,104,122)(H,105,129)(H,106,128)(H,107,126)(H,108,127)(H,116,117)/t52-,53+,63+,64+,65?,66+,67+,68+,69+,70+,71+,72+,77+,78+/m1/s1. The second-order valence-corrected chi connectivity index (χ2v) is 35.2. The van der Waals surface area contributed by atoms with Gasteiger partial charge in [0.15, 0.2) is 0 Å². The van der Waals surface area contributed by atoms with Gasteiger partial charge in [-0.15, -0.1) is 11.8 Å². The van der Waals surface area contributed by atoms with Gasteiger partial charge in [0.1, 0.15) is 90.3 Å². The molecule has 1 aliphatic rings. The number of fused-ring (bicyclic) bond motifs is 1. The molecule has 0 spiro atoms. The number of carboxylic acid groups (broad SMARTS) is 1. The number of benzene rings is 5. The highest BCUT2D eigenvalue weighted by Crippen LogP contribution is 2.24. The van der Waals surface area contributed by atoms with Crippen molar-refractivity contribution in [2.45, 2.75) is 205 Å². The molecule has 2 heterocycles. The predicted octanol–water partition coefficient (Wildman–Crippen LogP) is -0.583. The molecule has 40 heteroatoms. The molecule has 1 saturated heterocycles. The fourth-order valence-electron chi connectivity index (χ4n) is 14.4. The van der Waals surface area contributed by atoms with Crippen LogP contribution < -0.4 is 80.6 Å². The van der Waals surface area contributed by atoms with E-state index in [1.54, 1.807) is 127 Å². The lowest BCUT2D eigenvalue weighted by molar-refractivity contribution is -0.148. The summed E-state index contributed by atoms with van der Waals surface area (Å²) in [5, 5.41) is 65.2. The largest absolute Gasteiger partial charge is 0.508 e. The third-order valence-electron chi connectivity index (χ3n) is 22.0. The zero-order valence-electron chi connectivity index (χ0n) is 75.8. The number of rotatable bonds is 23. The van der Waals surface area contributed by atoms with Gasteiger partial charge in [-0.25, -0.2) is 0 Å². The fourth-order valence-corrected chi connectivity index (χ4v) is 15.3. The number of hydrogen-bond donors (Lipinski definition) is 19. The first-order valence-electron chi connectivity index (χ1n) is 43.3. The van der Waals surface area contributed by atoms with Crippen molar-refractivity contribution in [2.75, 3.05) is 38.8 Å². The SMILES string of the molecule is CC(C)C[C@@H]1NC(=O)[C@H](Cc2c[nH]c3ccccc23)NC(=O)[C@H](CC(=O)O)NC(=O)[C@H](Cc2ccc(O)cc2)NC(=O)C(Cc2ccccc2)NC(=O)CSC[C@@H](C(=O)NCC(N)=O)NC(=O)[C@H](CO)NC(=O)[C@H](C(C)C)NC(=O)[C@H](CC(C)C)NC(=O)[C@H](CC(N)=O)NC(=O)[C@@H](C)N(C)C(=O)[C@H](C)N(C)C(=O)[C@H](C(C)C)NC(=O)[C@H](Cc2ccc(-c3ccccc3)cc2)NC1=O. The van der Waals surface area contributed by atoms with E-state index in [1.165, 1.54) is 66.1 Å². The number of aliphatic hydroxyl groups is 1. The van der Waals surface area contributed by atoms with Gasteiger partial charge in [-0.3, -0.25) is 86.3 Å². The van der Waals surface area contributed by atoms with Gasteiger partial charge in [0, 0.05) is 62.6 Å². The van der Waals surface area contributed by atoms with Gasteiger partial charge >= 0.3 is 5.97 Å². The summed E-state index contributed by atoms with van der Waals surface area (Å²) in [4.78, 5) is 263. The van der Waals surface area contributed by atoms with Crippen molar-refractivity contribution in [1.82, 2.24) is 83.9 Å². The Kier molecular flexibility index (Phi) is 40.2. The Morgan fingerprint density at radius 2 is 0.841 bits per heavy atom. The zero-order valence-corrected chi connectivity index (χ0v) is 76.6. The number of H-pyrrole nitrogens is 1. The number of nitrogens with two attached hydrogens (primary N) is 2. The molecule has 0 radical (unpaired) electrons. The Balaban J connectivity index is 1.31. The molecule has 39 nitrogen and oxygen atoms in total. The second kappa shape index (κ2) is 50.4. The van der Waals surface area contributed by atoms with Crippen molar-refractivity contribution in [1.29, 1.82) is 0 Å². The number of nitrogens with one attached hydrogen (secondary N) is 14. The quantitative estimate of drug-likeness (QED) is 0.0381. The van der Waals surface area contributed by atoms with Crippen molar-refractivity contribution in [3.8, 4) is 16.9 Å². The van der Waals surface area contributed by atoms with E-state index in [0.717, 1.165) is 20.9 Å². The van der Waals surface area contributed by atoms with E-state index in [4.69, 9.17) is 11.5 Å². The number of hydrogen-bond acceptors (Lipinski definition) is 21. The highest BCUT2D eigenvalue weighted by molar-refractivity contribution is 8.00. The van der Waals surface area contributed by atoms with E-state index in [0.29, 0.717) is 44.9 Å². The van der Waals surface area contributed by atoms with Crippen LogP contribution in [0.3, 0.4) is 0 Å². The molecule has 6 aromatic rings. The molecular weight excluding hydrogens is 1730 g/mol. The van der Waals surface area contributed by atoms with Gasteiger partial charge in [0.05, 0.1) is 31.7 Å². The summed E-state index contributed by atoms with van der Waals surface area (Å²) in [6.07, 6.45) is -1.96. The lowest BCUT2D eigenvalue weighted by atomic mass is 9.97.